The molecular formula is C13H30F3O5Si3. The topological polar surface area (TPSA) is 46.2 Å². The van der Waals surface area contributed by atoms with Crippen molar-refractivity contribution in [3.8, 4) is 0 Å². The molecule has 0 fully saturated rings. The van der Waals surface area contributed by atoms with E-state index in [4.69, 9.17) is 22.4 Å². The lowest BCUT2D eigenvalue weighted by Crippen LogP contribution is -2.45. The van der Waals surface area contributed by atoms with Crippen molar-refractivity contribution in [1.82, 2.24) is 0 Å². The predicted molar refractivity (Wildman–Crippen MR) is 93.3 cm³/mol. The molecule has 0 aromatic rings. The van der Waals surface area contributed by atoms with Crippen molar-refractivity contribution in [3.05, 3.63) is 0 Å². The molecule has 0 heterocycles. The summed E-state index contributed by atoms with van der Waals surface area (Å²) in [6.07, 6.45) is -4.58. The molecule has 0 amide bonds. The highest BCUT2D eigenvalue weighted by Gasteiger charge is 2.31. The van der Waals surface area contributed by atoms with Gasteiger partial charge in [-0.1, -0.05) is 0 Å². The van der Waals surface area contributed by atoms with E-state index in [1.807, 2.05) is 26.2 Å². The quantitative estimate of drug-likeness (QED) is 0.327. The van der Waals surface area contributed by atoms with E-state index in [2.05, 4.69) is 0 Å². The van der Waals surface area contributed by atoms with Gasteiger partial charge in [-0.05, 0) is 26.2 Å². The first-order valence-electron chi connectivity index (χ1n) is 7.98. The molecule has 5 nitrogen and oxygen atoms in total. The summed E-state index contributed by atoms with van der Waals surface area (Å²) in [5.41, 5.74) is 0. The summed E-state index contributed by atoms with van der Waals surface area (Å²) >= 11 is 0. The second-order valence-electron chi connectivity index (χ2n) is 6.17. The van der Waals surface area contributed by atoms with Crippen molar-refractivity contribution < 1.29 is 35.6 Å². The molecule has 0 aliphatic carbocycles. The van der Waals surface area contributed by atoms with Gasteiger partial charge in [0.15, 0.2) is 9.04 Å². The van der Waals surface area contributed by atoms with Crippen LogP contribution in [0.3, 0.4) is 0 Å². The monoisotopic (exact) mass is 407 g/mol. The molecule has 145 valence electrons. The molecule has 1 radical (unpaired) electrons. The van der Waals surface area contributed by atoms with Gasteiger partial charge in [0, 0.05) is 19.8 Å². The number of methoxy groups -OCH3 is 1. The first kappa shape index (κ1) is 24.2. The maximum absolute atomic E-state index is 12.1. The van der Waals surface area contributed by atoms with Crippen LogP contribution in [0.5, 0.6) is 0 Å². The predicted octanol–water partition coefficient (Wildman–Crippen LogP) is 2.87. The van der Waals surface area contributed by atoms with Crippen LogP contribution in [0.2, 0.25) is 32.2 Å². The van der Waals surface area contributed by atoms with Crippen molar-refractivity contribution in [2.45, 2.75) is 44.8 Å². The van der Waals surface area contributed by atoms with Crippen LogP contribution in [0.4, 0.5) is 13.2 Å². The van der Waals surface area contributed by atoms with Gasteiger partial charge in [-0.3, -0.25) is 0 Å². The third-order valence-electron chi connectivity index (χ3n) is 2.62. The summed E-state index contributed by atoms with van der Waals surface area (Å²) in [5, 5.41) is 0. The van der Waals surface area contributed by atoms with Crippen LogP contribution < -0.4 is 0 Å². The molecule has 0 aliphatic rings. The van der Waals surface area contributed by atoms with Crippen LogP contribution in [0.15, 0.2) is 0 Å². The highest BCUT2D eigenvalue weighted by atomic mass is 28.4. The van der Waals surface area contributed by atoms with Gasteiger partial charge in [0.25, 0.3) is 0 Å². The minimum absolute atomic E-state index is 0.223. The fourth-order valence-corrected chi connectivity index (χ4v) is 8.90. The molecule has 0 aromatic heterocycles. The van der Waals surface area contributed by atoms with Gasteiger partial charge in [-0.2, -0.15) is 13.2 Å². The molecule has 0 unspecified atom stereocenters. The largest absolute Gasteiger partial charge is 0.438 e. The number of hydrogen-bond acceptors (Lipinski definition) is 5. The Morgan fingerprint density at radius 3 is 2.21 bits per heavy atom. The summed E-state index contributed by atoms with van der Waals surface area (Å²) in [5.74, 6) is 0. The Kier molecular flexibility index (Phi) is 12.7. The molecule has 0 N–H and O–H groups in total. The zero-order valence-electron chi connectivity index (χ0n) is 15.2. The van der Waals surface area contributed by atoms with Crippen LogP contribution in [0.1, 0.15) is 6.42 Å². The molecule has 24 heavy (non-hydrogen) atoms. The molecule has 0 atom stereocenters. The molecule has 0 aromatic carbocycles. The Bertz CT molecular complexity index is 320. The Morgan fingerprint density at radius 2 is 1.67 bits per heavy atom. The Balaban J connectivity index is 4.19. The molecule has 0 bridgehead atoms. The van der Waals surface area contributed by atoms with E-state index in [-0.39, 0.29) is 13.2 Å². The van der Waals surface area contributed by atoms with Gasteiger partial charge in [-0.25, -0.2) is 0 Å². The van der Waals surface area contributed by atoms with Gasteiger partial charge in [0.1, 0.15) is 0 Å². The number of rotatable bonds is 14. The SMILES string of the molecule is COCCOC[Si](C)(C)O[Si](CCOCCC(F)(F)F)O[SiH](C)C. The highest BCUT2D eigenvalue weighted by Crippen LogP contribution is 2.19. The van der Waals surface area contributed by atoms with E-state index in [1.165, 1.54) is 0 Å². The number of ether oxygens (including phenoxy) is 3. The summed E-state index contributed by atoms with van der Waals surface area (Å²) < 4.78 is 63.9. The van der Waals surface area contributed by atoms with E-state index in [0.29, 0.717) is 25.5 Å². The maximum Gasteiger partial charge on any atom is 0.391 e. The van der Waals surface area contributed by atoms with Crippen molar-refractivity contribution in [2.24, 2.45) is 0 Å². The van der Waals surface area contributed by atoms with Gasteiger partial charge in [0.2, 0.25) is 8.32 Å². The summed E-state index contributed by atoms with van der Waals surface area (Å²) in [6, 6.07) is 0.516. The summed E-state index contributed by atoms with van der Waals surface area (Å²) in [7, 11) is -3.29. The van der Waals surface area contributed by atoms with E-state index in [1.54, 1.807) is 7.11 Å². The molecule has 0 saturated heterocycles. The zero-order valence-corrected chi connectivity index (χ0v) is 18.4. The first-order valence-corrected chi connectivity index (χ1v) is 15.4. The lowest BCUT2D eigenvalue weighted by molar-refractivity contribution is -0.144. The third kappa shape index (κ3) is 15.8. The van der Waals surface area contributed by atoms with Crippen LogP contribution in [0.25, 0.3) is 0 Å². The van der Waals surface area contributed by atoms with Crippen molar-refractivity contribution in [1.29, 1.82) is 0 Å². The molecular weight excluding hydrogens is 377 g/mol. The van der Waals surface area contributed by atoms with E-state index in [9.17, 15) is 13.2 Å². The fraction of sp³-hybridized carbons (Fsp3) is 1.00. The Morgan fingerprint density at radius 1 is 1.00 bits per heavy atom. The van der Waals surface area contributed by atoms with Crippen molar-refractivity contribution in [2.75, 3.05) is 39.8 Å². The molecule has 11 heteroatoms. The summed E-state index contributed by atoms with van der Waals surface area (Å²) in [4.78, 5) is 0. The van der Waals surface area contributed by atoms with Crippen molar-refractivity contribution in [3.63, 3.8) is 0 Å². The number of hydrogen-bond donors (Lipinski definition) is 0. The van der Waals surface area contributed by atoms with E-state index < -0.39 is 39.2 Å². The Labute approximate surface area is 147 Å². The molecule has 0 saturated carbocycles. The summed E-state index contributed by atoms with van der Waals surface area (Å²) in [6.45, 7) is 9.12. The Hall–Kier alpha value is 0.241. The highest BCUT2D eigenvalue weighted by molar-refractivity contribution is 6.78. The first-order chi connectivity index (χ1) is 11.1. The van der Waals surface area contributed by atoms with Crippen molar-refractivity contribution >= 4 is 26.6 Å². The van der Waals surface area contributed by atoms with Gasteiger partial charge in [0.05, 0.1) is 32.5 Å². The number of halogens is 3. The van der Waals surface area contributed by atoms with Crippen LogP contribution in [-0.4, -0.2) is 72.6 Å². The van der Waals surface area contributed by atoms with E-state index in [0.717, 1.165) is 0 Å². The lowest BCUT2D eigenvalue weighted by atomic mass is 10.4. The molecule has 0 rings (SSSR count). The second kappa shape index (κ2) is 12.6. The van der Waals surface area contributed by atoms with Gasteiger partial charge < -0.3 is 22.4 Å². The maximum atomic E-state index is 12.1. The van der Waals surface area contributed by atoms with Gasteiger partial charge >= 0.3 is 15.5 Å². The van der Waals surface area contributed by atoms with Crippen LogP contribution >= 0.6 is 0 Å². The zero-order chi connectivity index (χ0) is 18.6. The van der Waals surface area contributed by atoms with Gasteiger partial charge in [-0.15, -0.1) is 0 Å². The molecule has 0 aliphatic heterocycles. The van der Waals surface area contributed by atoms with E-state index >= 15 is 0 Å². The van der Waals surface area contributed by atoms with Crippen LogP contribution in [-0.2, 0) is 22.4 Å². The lowest BCUT2D eigenvalue weighted by Gasteiger charge is -2.28. The third-order valence-corrected chi connectivity index (χ3v) is 10.2. The van der Waals surface area contributed by atoms with Crippen LogP contribution in [0, 0.1) is 0 Å². The average Bonchev–Trinajstić information content (AvgIpc) is 2.40. The standard InChI is InChI=1S/C13H30F3O5Si3/c1-17-8-9-19-12-24(4,5)21-23(20-22(2)3)11-10-18-7-6-13(14,15)16/h22H,6-12H2,1-5H3. The smallest absolute Gasteiger partial charge is 0.391 e. The second-order valence-corrected chi connectivity index (χ2v) is 15.1. The number of alkyl halides is 3. The minimum atomic E-state index is -4.18. The fourth-order valence-electron chi connectivity index (χ4n) is 1.64. The normalized spacial score (nSPS) is 13.2. The minimum Gasteiger partial charge on any atom is -0.438 e. The molecule has 0 spiro atoms. The average molecular weight is 408 g/mol.